The fraction of sp³-hybridized carbons (Fsp3) is 0.364. The number of rotatable bonds is 11. The van der Waals surface area contributed by atoms with E-state index < -0.39 is 0 Å². The number of nitrogens with zero attached hydrogens (tertiary/aromatic N) is 3. The molecule has 2 aromatic carbocycles. The van der Waals surface area contributed by atoms with Crippen molar-refractivity contribution in [3.05, 3.63) is 59.4 Å². The lowest BCUT2D eigenvalue weighted by atomic mass is 10.3. The van der Waals surface area contributed by atoms with Gasteiger partial charge in [-0.15, -0.1) is 10.2 Å². The Bertz CT molecular complexity index is 961. The first kappa shape index (κ1) is 20.9. The number of thioether (sulfide) groups is 1. The third-order valence-electron chi connectivity index (χ3n) is 4.56. The number of hydrogen-bond donors (Lipinski definition) is 0. The van der Waals surface area contributed by atoms with Crippen molar-refractivity contribution in [3.63, 3.8) is 0 Å². The van der Waals surface area contributed by atoms with E-state index in [2.05, 4.69) is 14.8 Å². The number of ether oxygens (including phenoxy) is 3. The minimum atomic E-state index is 0.344. The van der Waals surface area contributed by atoms with Gasteiger partial charge in [-0.25, -0.2) is 0 Å². The molecule has 0 unspecified atom stereocenters. The molecule has 1 heterocycles. The van der Waals surface area contributed by atoms with Crippen LogP contribution in [0.15, 0.2) is 53.7 Å². The molecule has 1 aliphatic carbocycles. The van der Waals surface area contributed by atoms with Gasteiger partial charge in [0.2, 0.25) is 0 Å². The van der Waals surface area contributed by atoms with Crippen molar-refractivity contribution >= 4 is 23.4 Å². The third kappa shape index (κ3) is 5.40. The van der Waals surface area contributed by atoms with E-state index in [4.69, 9.17) is 25.8 Å². The molecular weight excluding hydrogens is 422 g/mol. The van der Waals surface area contributed by atoms with Gasteiger partial charge in [0.05, 0.1) is 18.2 Å². The Hall–Kier alpha value is -2.38. The topological polar surface area (TPSA) is 58.4 Å². The van der Waals surface area contributed by atoms with Crippen LogP contribution in [0.2, 0.25) is 5.02 Å². The van der Waals surface area contributed by atoms with E-state index in [1.54, 1.807) is 11.8 Å². The zero-order valence-corrected chi connectivity index (χ0v) is 18.4. The standard InChI is InChI=1S/C22H24ClN3O3S/c1-2-27-17-9-11-18(12-10-17)28-13-14-30-22-25-24-21(26(22)16-7-8-16)15-29-20-6-4-3-5-19(20)23/h3-6,9-12,16H,2,7-8,13-15H2,1H3. The second kappa shape index (κ2) is 10.1. The number of aromatic nitrogens is 3. The molecule has 1 aliphatic rings. The molecule has 0 aliphatic heterocycles. The zero-order chi connectivity index (χ0) is 20.8. The maximum atomic E-state index is 6.18. The van der Waals surface area contributed by atoms with Crippen LogP contribution in [0.4, 0.5) is 0 Å². The van der Waals surface area contributed by atoms with Gasteiger partial charge in [-0.3, -0.25) is 0 Å². The van der Waals surface area contributed by atoms with Crippen molar-refractivity contribution in [2.75, 3.05) is 19.0 Å². The van der Waals surface area contributed by atoms with Crippen LogP contribution in [-0.4, -0.2) is 33.7 Å². The van der Waals surface area contributed by atoms with Gasteiger partial charge < -0.3 is 18.8 Å². The molecule has 4 rings (SSSR count). The predicted molar refractivity (Wildman–Crippen MR) is 118 cm³/mol. The van der Waals surface area contributed by atoms with E-state index in [1.165, 1.54) is 0 Å². The Kier molecular flexibility index (Phi) is 7.02. The quantitative estimate of drug-likeness (QED) is 0.290. The number of hydrogen-bond acceptors (Lipinski definition) is 6. The van der Waals surface area contributed by atoms with Crippen LogP contribution in [0.25, 0.3) is 0 Å². The third-order valence-corrected chi connectivity index (χ3v) is 5.78. The molecular formula is C22H24ClN3O3S. The van der Waals surface area contributed by atoms with Crippen LogP contribution in [0.5, 0.6) is 17.2 Å². The molecule has 1 fully saturated rings. The van der Waals surface area contributed by atoms with Gasteiger partial charge >= 0.3 is 0 Å². The normalized spacial score (nSPS) is 13.3. The van der Waals surface area contributed by atoms with Gasteiger partial charge in [0.1, 0.15) is 23.9 Å². The molecule has 1 saturated carbocycles. The van der Waals surface area contributed by atoms with Gasteiger partial charge in [-0.05, 0) is 56.2 Å². The van der Waals surface area contributed by atoms with E-state index in [1.807, 2.05) is 55.5 Å². The Labute approximate surface area is 185 Å². The first-order valence-corrected chi connectivity index (χ1v) is 11.4. The van der Waals surface area contributed by atoms with E-state index in [0.29, 0.717) is 36.6 Å². The Morgan fingerprint density at radius 2 is 1.73 bits per heavy atom. The number of benzene rings is 2. The summed E-state index contributed by atoms with van der Waals surface area (Å²) in [7, 11) is 0. The van der Waals surface area contributed by atoms with Crippen molar-refractivity contribution in [1.29, 1.82) is 0 Å². The van der Waals surface area contributed by atoms with Crippen LogP contribution < -0.4 is 14.2 Å². The maximum absolute atomic E-state index is 6.18. The predicted octanol–water partition coefficient (Wildman–Crippen LogP) is 5.42. The molecule has 0 radical (unpaired) electrons. The first-order valence-electron chi connectivity index (χ1n) is 10.0. The second-order valence-electron chi connectivity index (χ2n) is 6.82. The fourth-order valence-corrected chi connectivity index (χ4v) is 4.03. The summed E-state index contributed by atoms with van der Waals surface area (Å²) in [5, 5.41) is 10.2. The van der Waals surface area contributed by atoms with Crippen LogP contribution >= 0.6 is 23.4 Å². The van der Waals surface area contributed by atoms with Gasteiger partial charge in [0.15, 0.2) is 11.0 Å². The van der Waals surface area contributed by atoms with Gasteiger partial charge in [-0.2, -0.15) is 0 Å². The van der Waals surface area contributed by atoms with Crippen molar-refractivity contribution in [3.8, 4) is 17.2 Å². The van der Waals surface area contributed by atoms with Crippen molar-refractivity contribution in [2.24, 2.45) is 0 Å². The summed E-state index contributed by atoms with van der Waals surface area (Å²) in [6, 6.07) is 15.6. The number of halogens is 1. The second-order valence-corrected chi connectivity index (χ2v) is 8.29. The molecule has 3 aromatic rings. The maximum Gasteiger partial charge on any atom is 0.191 e. The summed E-state index contributed by atoms with van der Waals surface area (Å²) in [4.78, 5) is 0. The van der Waals surface area contributed by atoms with E-state index in [-0.39, 0.29) is 0 Å². The van der Waals surface area contributed by atoms with E-state index in [9.17, 15) is 0 Å². The molecule has 0 spiro atoms. The minimum absolute atomic E-state index is 0.344. The lowest BCUT2D eigenvalue weighted by molar-refractivity contribution is 0.288. The number of para-hydroxylation sites is 1. The van der Waals surface area contributed by atoms with Gasteiger partial charge in [-0.1, -0.05) is 35.5 Å². The average Bonchev–Trinajstić information content (AvgIpc) is 3.52. The molecule has 1 aromatic heterocycles. The summed E-state index contributed by atoms with van der Waals surface area (Å²) in [6.45, 7) is 3.55. The molecule has 0 bridgehead atoms. The van der Waals surface area contributed by atoms with Gasteiger partial charge in [0.25, 0.3) is 0 Å². The molecule has 0 amide bonds. The molecule has 8 heteroatoms. The Morgan fingerprint density at radius 3 is 2.43 bits per heavy atom. The Morgan fingerprint density at radius 1 is 1.00 bits per heavy atom. The van der Waals surface area contributed by atoms with Crippen LogP contribution in [0.1, 0.15) is 31.6 Å². The highest BCUT2D eigenvalue weighted by Crippen LogP contribution is 2.39. The lowest BCUT2D eigenvalue weighted by Gasteiger charge is -2.11. The van der Waals surface area contributed by atoms with E-state index >= 15 is 0 Å². The highest BCUT2D eigenvalue weighted by molar-refractivity contribution is 7.99. The smallest absolute Gasteiger partial charge is 0.191 e. The highest BCUT2D eigenvalue weighted by Gasteiger charge is 2.29. The summed E-state index contributed by atoms with van der Waals surface area (Å²) in [5.41, 5.74) is 0. The van der Waals surface area contributed by atoms with Crippen LogP contribution in [0, 0.1) is 0 Å². The summed E-state index contributed by atoms with van der Waals surface area (Å²) in [5.74, 6) is 3.94. The molecule has 158 valence electrons. The summed E-state index contributed by atoms with van der Waals surface area (Å²) >= 11 is 7.83. The molecule has 30 heavy (non-hydrogen) atoms. The van der Waals surface area contributed by atoms with E-state index in [0.717, 1.165) is 41.1 Å². The monoisotopic (exact) mass is 445 g/mol. The zero-order valence-electron chi connectivity index (χ0n) is 16.8. The molecule has 0 atom stereocenters. The Balaban J connectivity index is 1.30. The van der Waals surface area contributed by atoms with Crippen molar-refractivity contribution < 1.29 is 14.2 Å². The largest absolute Gasteiger partial charge is 0.494 e. The minimum Gasteiger partial charge on any atom is -0.494 e. The van der Waals surface area contributed by atoms with Crippen LogP contribution in [-0.2, 0) is 6.61 Å². The molecule has 0 N–H and O–H groups in total. The van der Waals surface area contributed by atoms with Gasteiger partial charge in [0, 0.05) is 11.8 Å². The lowest BCUT2D eigenvalue weighted by Crippen LogP contribution is -2.08. The first-order chi connectivity index (χ1) is 14.7. The molecule has 0 saturated heterocycles. The fourth-order valence-electron chi connectivity index (χ4n) is 3.00. The highest BCUT2D eigenvalue weighted by atomic mass is 35.5. The average molecular weight is 446 g/mol. The van der Waals surface area contributed by atoms with Crippen molar-refractivity contribution in [2.45, 2.75) is 37.6 Å². The SMILES string of the molecule is CCOc1ccc(OCCSc2nnc(COc3ccccc3Cl)n2C2CC2)cc1. The molecule has 6 nitrogen and oxygen atoms in total. The summed E-state index contributed by atoms with van der Waals surface area (Å²) < 4.78 is 19.3. The van der Waals surface area contributed by atoms with Crippen molar-refractivity contribution in [1.82, 2.24) is 14.8 Å². The summed E-state index contributed by atoms with van der Waals surface area (Å²) in [6.07, 6.45) is 2.29. The van der Waals surface area contributed by atoms with Crippen LogP contribution in [0.3, 0.4) is 0 Å².